The van der Waals surface area contributed by atoms with E-state index in [1.54, 1.807) is 30.3 Å². The zero-order chi connectivity index (χ0) is 15.4. The summed E-state index contributed by atoms with van der Waals surface area (Å²) in [6, 6.07) is 12.4. The number of benzene rings is 2. The molecule has 0 aliphatic rings. The van der Waals surface area contributed by atoms with E-state index in [0.29, 0.717) is 11.1 Å². The van der Waals surface area contributed by atoms with Crippen molar-refractivity contribution in [3.8, 4) is 0 Å². The van der Waals surface area contributed by atoms with E-state index < -0.39 is 0 Å². The Morgan fingerprint density at radius 1 is 0.905 bits per heavy atom. The Morgan fingerprint density at radius 3 is 2.10 bits per heavy atom. The molecule has 108 valence electrons. The molecule has 0 unspecified atom stereocenters. The van der Waals surface area contributed by atoms with Crippen LogP contribution in [0.15, 0.2) is 46.9 Å². The molecule has 2 N–H and O–H groups in total. The summed E-state index contributed by atoms with van der Waals surface area (Å²) in [5, 5.41) is 0. The third-order valence-electron chi connectivity index (χ3n) is 3.00. The molecule has 0 aliphatic carbocycles. The molecular weight excluding hydrogens is 332 g/mol. The van der Waals surface area contributed by atoms with E-state index in [2.05, 4.69) is 26.8 Å². The van der Waals surface area contributed by atoms with Gasteiger partial charge in [-0.3, -0.25) is 20.4 Å². The van der Waals surface area contributed by atoms with E-state index in [9.17, 15) is 9.59 Å². The molecule has 2 aromatic carbocycles. The molecule has 0 bridgehead atoms. The lowest BCUT2D eigenvalue weighted by molar-refractivity contribution is 0.0846. The Bertz CT molecular complexity index is 698. The van der Waals surface area contributed by atoms with Crippen LogP contribution in [-0.4, -0.2) is 11.8 Å². The number of hydrogen-bond donors (Lipinski definition) is 2. The Morgan fingerprint density at radius 2 is 1.52 bits per heavy atom. The molecule has 0 heterocycles. The summed E-state index contributed by atoms with van der Waals surface area (Å²) in [5.41, 5.74) is 7.80. The second-order valence-electron chi connectivity index (χ2n) is 4.74. The van der Waals surface area contributed by atoms with Crippen molar-refractivity contribution < 1.29 is 9.59 Å². The van der Waals surface area contributed by atoms with Crippen LogP contribution in [0.25, 0.3) is 0 Å². The fraction of sp³-hybridized carbons (Fsp3) is 0.125. The molecule has 0 aliphatic heterocycles. The van der Waals surface area contributed by atoms with Crippen LogP contribution in [0.1, 0.15) is 31.8 Å². The number of halogens is 1. The molecule has 0 radical (unpaired) electrons. The lowest BCUT2D eigenvalue weighted by Gasteiger charge is -2.08. The number of carbonyl (C=O) groups excluding carboxylic acids is 2. The lowest BCUT2D eigenvalue weighted by Crippen LogP contribution is -2.41. The molecule has 0 spiro atoms. The third kappa shape index (κ3) is 3.92. The Kier molecular flexibility index (Phi) is 4.75. The minimum atomic E-state index is -0.364. The van der Waals surface area contributed by atoms with Gasteiger partial charge in [-0.2, -0.15) is 0 Å². The molecular formula is C16H15BrN2O2. The van der Waals surface area contributed by atoms with Crippen molar-refractivity contribution in [1.29, 1.82) is 0 Å². The van der Waals surface area contributed by atoms with Gasteiger partial charge in [0.1, 0.15) is 0 Å². The van der Waals surface area contributed by atoms with Gasteiger partial charge in [0.25, 0.3) is 11.8 Å². The molecule has 2 aromatic rings. The Hall–Kier alpha value is -2.14. The minimum absolute atomic E-state index is 0.349. The van der Waals surface area contributed by atoms with Gasteiger partial charge in [-0.15, -0.1) is 0 Å². The number of carbonyl (C=O) groups is 2. The maximum absolute atomic E-state index is 12.0. The predicted molar refractivity (Wildman–Crippen MR) is 85.0 cm³/mol. The molecule has 2 rings (SSSR count). The van der Waals surface area contributed by atoms with Gasteiger partial charge >= 0.3 is 0 Å². The van der Waals surface area contributed by atoms with E-state index in [1.165, 1.54) is 0 Å². The monoisotopic (exact) mass is 346 g/mol. The maximum Gasteiger partial charge on any atom is 0.269 e. The Labute approximate surface area is 131 Å². The van der Waals surface area contributed by atoms with Gasteiger partial charge in [-0.1, -0.05) is 39.7 Å². The van der Waals surface area contributed by atoms with Crippen LogP contribution in [0, 0.1) is 13.8 Å². The van der Waals surface area contributed by atoms with Crippen molar-refractivity contribution in [2.45, 2.75) is 13.8 Å². The highest BCUT2D eigenvalue weighted by atomic mass is 79.9. The van der Waals surface area contributed by atoms with Crippen LogP contribution in [0.4, 0.5) is 0 Å². The third-order valence-corrected chi connectivity index (χ3v) is 3.86. The number of amides is 2. The average molecular weight is 347 g/mol. The van der Waals surface area contributed by atoms with Crippen molar-refractivity contribution in [3.63, 3.8) is 0 Å². The first kappa shape index (κ1) is 15.3. The molecule has 0 saturated heterocycles. The summed E-state index contributed by atoms with van der Waals surface area (Å²) in [7, 11) is 0. The van der Waals surface area contributed by atoms with Crippen LogP contribution in [-0.2, 0) is 0 Å². The maximum atomic E-state index is 12.0. The summed E-state index contributed by atoms with van der Waals surface area (Å²) in [6.45, 7) is 3.84. The van der Waals surface area contributed by atoms with Gasteiger partial charge in [0.2, 0.25) is 0 Å². The van der Waals surface area contributed by atoms with Gasteiger partial charge in [-0.05, 0) is 43.7 Å². The van der Waals surface area contributed by atoms with E-state index in [1.807, 2.05) is 26.0 Å². The number of hydrazine groups is 1. The SMILES string of the molecule is Cc1cccc(C(=O)NNC(=O)c2ccc(C)c(Br)c2)c1. The predicted octanol–water partition coefficient (Wildman–Crippen LogP) is 3.14. The van der Waals surface area contributed by atoms with E-state index in [0.717, 1.165) is 15.6 Å². The number of aryl methyl sites for hydroxylation is 2. The average Bonchev–Trinajstić information content (AvgIpc) is 2.47. The molecule has 5 heteroatoms. The molecule has 0 atom stereocenters. The molecule has 0 fully saturated rings. The molecule has 4 nitrogen and oxygen atoms in total. The summed E-state index contributed by atoms with van der Waals surface area (Å²) in [6.07, 6.45) is 0. The van der Waals surface area contributed by atoms with Crippen molar-refractivity contribution in [2.75, 3.05) is 0 Å². The second kappa shape index (κ2) is 6.54. The zero-order valence-corrected chi connectivity index (χ0v) is 13.3. The largest absolute Gasteiger partial charge is 0.269 e. The highest BCUT2D eigenvalue weighted by molar-refractivity contribution is 9.10. The first-order valence-corrected chi connectivity index (χ1v) is 7.20. The highest BCUT2D eigenvalue weighted by Crippen LogP contribution is 2.17. The van der Waals surface area contributed by atoms with Crippen LogP contribution in [0.2, 0.25) is 0 Å². The zero-order valence-electron chi connectivity index (χ0n) is 11.7. The summed E-state index contributed by atoms with van der Waals surface area (Å²) >= 11 is 3.37. The van der Waals surface area contributed by atoms with Gasteiger partial charge in [-0.25, -0.2) is 0 Å². The lowest BCUT2D eigenvalue weighted by atomic mass is 10.1. The summed E-state index contributed by atoms with van der Waals surface area (Å²) in [5.74, 6) is -0.713. The topological polar surface area (TPSA) is 58.2 Å². The highest BCUT2D eigenvalue weighted by Gasteiger charge is 2.10. The fourth-order valence-corrected chi connectivity index (χ4v) is 2.16. The number of hydrogen-bond acceptors (Lipinski definition) is 2. The van der Waals surface area contributed by atoms with Crippen LogP contribution in [0.5, 0.6) is 0 Å². The quantitative estimate of drug-likeness (QED) is 0.820. The first-order chi connectivity index (χ1) is 9.97. The van der Waals surface area contributed by atoms with Crippen molar-refractivity contribution in [1.82, 2.24) is 10.9 Å². The normalized spacial score (nSPS) is 10.0. The molecule has 2 amide bonds. The van der Waals surface area contributed by atoms with Crippen molar-refractivity contribution in [2.24, 2.45) is 0 Å². The van der Waals surface area contributed by atoms with Crippen molar-refractivity contribution in [3.05, 3.63) is 69.2 Å². The standard InChI is InChI=1S/C16H15BrN2O2/c1-10-4-3-5-12(8-10)15(20)18-19-16(21)13-7-6-11(2)14(17)9-13/h3-9H,1-2H3,(H,18,20)(H,19,21). The van der Waals surface area contributed by atoms with Crippen LogP contribution < -0.4 is 10.9 Å². The number of rotatable bonds is 2. The van der Waals surface area contributed by atoms with Gasteiger partial charge in [0.15, 0.2) is 0 Å². The van der Waals surface area contributed by atoms with E-state index >= 15 is 0 Å². The summed E-state index contributed by atoms with van der Waals surface area (Å²) < 4.78 is 0.847. The smallest absolute Gasteiger partial charge is 0.267 e. The molecule has 21 heavy (non-hydrogen) atoms. The van der Waals surface area contributed by atoms with Gasteiger partial charge in [0, 0.05) is 15.6 Å². The summed E-state index contributed by atoms with van der Waals surface area (Å²) in [4.78, 5) is 23.9. The second-order valence-corrected chi connectivity index (χ2v) is 5.60. The van der Waals surface area contributed by atoms with Gasteiger partial charge in [0.05, 0.1) is 0 Å². The first-order valence-electron chi connectivity index (χ1n) is 6.41. The Balaban J connectivity index is 2.00. The van der Waals surface area contributed by atoms with Crippen molar-refractivity contribution >= 4 is 27.7 Å². The number of nitrogens with one attached hydrogen (secondary N) is 2. The van der Waals surface area contributed by atoms with Crippen LogP contribution in [0.3, 0.4) is 0 Å². The molecule has 0 saturated carbocycles. The minimum Gasteiger partial charge on any atom is -0.267 e. The van der Waals surface area contributed by atoms with E-state index in [-0.39, 0.29) is 11.8 Å². The van der Waals surface area contributed by atoms with Crippen LogP contribution >= 0.6 is 15.9 Å². The van der Waals surface area contributed by atoms with Gasteiger partial charge < -0.3 is 0 Å². The fourth-order valence-electron chi connectivity index (χ4n) is 1.78. The van der Waals surface area contributed by atoms with E-state index in [4.69, 9.17) is 0 Å². The molecule has 0 aromatic heterocycles.